The average Bonchev–Trinajstić information content (AvgIpc) is 3.15. The maximum atomic E-state index is 2.48. The minimum atomic E-state index is 1.23. The highest BCUT2D eigenvalue weighted by atomic mass is 15.0. The smallest absolute Gasteiger partial charge is 0.0619 e. The number of hydrogen-bond donors (Lipinski definition) is 0. The molecule has 0 aliphatic heterocycles. The zero-order valence-corrected chi connectivity index (χ0v) is 16.8. The van der Waals surface area contributed by atoms with Gasteiger partial charge in [-0.25, -0.2) is 0 Å². The summed E-state index contributed by atoms with van der Waals surface area (Å²) in [5, 5.41) is 5.12. The molecule has 0 aliphatic carbocycles. The summed E-state index contributed by atoms with van der Waals surface area (Å²) in [5.41, 5.74) is 7.57. The summed E-state index contributed by atoms with van der Waals surface area (Å²) < 4.78 is 2.48. The summed E-state index contributed by atoms with van der Waals surface area (Å²) in [6, 6.07) is 39.3. The number of benzene rings is 5. The predicted octanol–water partition coefficient (Wildman–Crippen LogP) is 7.91. The number of hydrogen-bond acceptors (Lipinski definition) is 0. The maximum absolute atomic E-state index is 2.48. The van der Waals surface area contributed by atoms with Crippen molar-refractivity contribution in [2.45, 2.75) is 6.92 Å². The molecule has 0 N–H and O–H groups in total. The summed E-state index contributed by atoms with van der Waals surface area (Å²) in [6.45, 7) is 2.21. The Balaban J connectivity index is 1.87. The number of nitrogens with zero attached hydrogens (tertiary/aromatic N) is 1. The first-order valence-corrected chi connectivity index (χ1v) is 10.4. The minimum absolute atomic E-state index is 1.23. The van der Waals surface area contributed by atoms with E-state index in [9.17, 15) is 0 Å². The van der Waals surface area contributed by atoms with Crippen LogP contribution in [0.2, 0.25) is 0 Å². The molecule has 0 bridgehead atoms. The van der Waals surface area contributed by atoms with Gasteiger partial charge in [0.2, 0.25) is 0 Å². The highest BCUT2D eigenvalue weighted by molar-refractivity contribution is 6.15. The van der Waals surface area contributed by atoms with E-state index in [0.29, 0.717) is 0 Å². The lowest BCUT2D eigenvalue weighted by atomic mass is 10.0. The van der Waals surface area contributed by atoms with Gasteiger partial charge in [0.05, 0.1) is 16.7 Å². The van der Waals surface area contributed by atoms with Crippen molar-refractivity contribution in [1.29, 1.82) is 0 Å². The lowest BCUT2D eigenvalue weighted by Gasteiger charge is -2.15. The molecule has 6 aromatic rings. The van der Waals surface area contributed by atoms with Crippen LogP contribution >= 0.6 is 0 Å². The summed E-state index contributed by atoms with van der Waals surface area (Å²) in [7, 11) is 0. The van der Waals surface area contributed by atoms with Crippen molar-refractivity contribution in [2.75, 3.05) is 0 Å². The molecule has 0 atom stereocenters. The van der Waals surface area contributed by atoms with Gasteiger partial charge in [0, 0.05) is 21.7 Å². The second-order valence-corrected chi connectivity index (χ2v) is 7.87. The third-order valence-corrected chi connectivity index (χ3v) is 6.10. The first-order chi connectivity index (χ1) is 14.8. The summed E-state index contributed by atoms with van der Waals surface area (Å²) >= 11 is 0. The number of rotatable bonds is 2. The molecule has 0 saturated heterocycles. The fourth-order valence-corrected chi connectivity index (χ4v) is 4.78. The van der Waals surface area contributed by atoms with Crippen LogP contribution in [0, 0.1) is 6.92 Å². The van der Waals surface area contributed by atoms with Crippen LogP contribution < -0.4 is 0 Å². The second-order valence-electron chi connectivity index (χ2n) is 7.87. The number of para-hydroxylation sites is 2. The normalized spacial score (nSPS) is 11.5. The van der Waals surface area contributed by atoms with Gasteiger partial charge in [-0.05, 0) is 29.5 Å². The monoisotopic (exact) mass is 383 g/mol. The Morgan fingerprint density at radius 2 is 1.13 bits per heavy atom. The van der Waals surface area contributed by atoms with E-state index in [4.69, 9.17) is 0 Å². The first kappa shape index (κ1) is 17.1. The van der Waals surface area contributed by atoms with Gasteiger partial charge in [0.1, 0.15) is 0 Å². The van der Waals surface area contributed by atoms with Gasteiger partial charge < -0.3 is 4.57 Å². The average molecular weight is 383 g/mol. The Bertz CT molecular complexity index is 1530. The van der Waals surface area contributed by atoms with Crippen LogP contribution in [0.1, 0.15) is 5.56 Å². The topological polar surface area (TPSA) is 4.93 Å². The lowest BCUT2D eigenvalue weighted by Crippen LogP contribution is -1.98. The molecule has 5 aromatic carbocycles. The molecule has 0 amide bonds. The fraction of sp³-hybridized carbons (Fsp3) is 0.0345. The Hall–Kier alpha value is -3.84. The highest BCUT2D eigenvalue weighted by Gasteiger charge is 2.18. The molecular weight excluding hydrogens is 362 g/mol. The van der Waals surface area contributed by atoms with Gasteiger partial charge in [-0.2, -0.15) is 0 Å². The Morgan fingerprint density at radius 1 is 0.500 bits per heavy atom. The van der Waals surface area contributed by atoms with E-state index in [0.717, 1.165) is 0 Å². The standard InChI is InChI=1S/C29H21N/c1-20-10-7-17-25-26-18-9-16-24(22-11-3-2-4-12-22)29(26)30(28(20)25)27-19-8-14-21-13-5-6-15-23(21)27/h2-19H,1H3. The highest BCUT2D eigenvalue weighted by Crippen LogP contribution is 2.40. The van der Waals surface area contributed by atoms with Crippen LogP contribution in [-0.4, -0.2) is 4.57 Å². The molecule has 6 rings (SSSR count). The van der Waals surface area contributed by atoms with Crippen molar-refractivity contribution < 1.29 is 0 Å². The van der Waals surface area contributed by atoms with Crippen molar-refractivity contribution in [3.8, 4) is 16.8 Å². The first-order valence-electron chi connectivity index (χ1n) is 10.4. The quantitative estimate of drug-likeness (QED) is 0.286. The number of fused-ring (bicyclic) bond motifs is 4. The number of aromatic nitrogens is 1. The van der Waals surface area contributed by atoms with Gasteiger partial charge in [-0.15, -0.1) is 0 Å². The largest absolute Gasteiger partial charge is 0.308 e. The maximum Gasteiger partial charge on any atom is 0.0619 e. The zero-order chi connectivity index (χ0) is 20.1. The molecule has 0 saturated carbocycles. The SMILES string of the molecule is Cc1cccc2c3cccc(-c4ccccc4)c3n(-c3cccc4ccccc34)c12. The van der Waals surface area contributed by atoms with Gasteiger partial charge in [0.15, 0.2) is 0 Å². The van der Waals surface area contributed by atoms with Crippen molar-refractivity contribution in [3.63, 3.8) is 0 Å². The molecule has 0 radical (unpaired) electrons. The van der Waals surface area contributed by atoms with Crippen molar-refractivity contribution in [3.05, 3.63) is 115 Å². The molecule has 0 unspecified atom stereocenters. The Kier molecular flexibility index (Phi) is 3.75. The fourth-order valence-electron chi connectivity index (χ4n) is 4.78. The van der Waals surface area contributed by atoms with Crippen LogP contribution in [0.15, 0.2) is 109 Å². The molecule has 1 aromatic heterocycles. The molecule has 1 nitrogen and oxygen atoms in total. The van der Waals surface area contributed by atoms with Crippen LogP contribution in [0.4, 0.5) is 0 Å². The molecule has 0 fully saturated rings. The molecule has 1 heteroatoms. The lowest BCUT2D eigenvalue weighted by molar-refractivity contribution is 1.18. The van der Waals surface area contributed by atoms with Crippen molar-refractivity contribution >= 4 is 32.6 Å². The van der Waals surface area contributed by atoms with Crippen molar-refractivity contribution in [1.82, 2.24) is 4.57 Å². The number of aryl methyl sites for hydroxylation is 1. The van der Waals surface area contributed by atoms with E-state index in [1.54, 1.807) is 0 Å². The van der Waals surface area contributed by atoms with E-state index in [1.165, 1.54) is 55.0 Å². The van der Waals surface area contributed by atoms with Gasteiger partial charge in [-0.3, -0.25) is 0 Å². The molecule has 0 aliphatic rings. The van der Waals surface area contributed by atoms with Crippen molar-refractivity contribution in [2.24, 2.45) is 0 Å². The van der Waals surface area contributed by atoms with Crippen LogP contribution in [-0.2, 0) is 0 Å². The van der Waals surface area contributed by atoms with Gasteiger partial charge in [-0.1, -0.05) is 103 Å². The minimum Gasteiger partial charge on any atom is -0.308 e. The second kappa shape index (κ2) is 6.60. The Labute approximate surface area is 175 Å². The van der Waals surface area contributed by atoms with E-state index in [1.807, 2.05) is 0 Å². The Morgan fingerprint density at radius 3 is 2.00 bits per heavy atom. The summed E-state index contributed by atoms with van der Waals surface area (Å²) in [5.74, 6) is 0. The van der Waals surface area contributed by atoms with Gasteiger partial charge in [0.25, 0.3) is 0 Å². The molecule has 142 valence electrons. The van der Waals surface area contributed by atoms with E-state index < -0.39 is 0 Å². The van der Waals surface area contributed by atoms with Crippen LogP contribution in [0.25, 0.3) is 49.4 Å². The third-order valence-electron chi connectivity index (χ3n) is 6.10. The van der Waals surface area contributed by atoms with E-state index in [2.05, 4.69) is 121 Å². The van der Waals surface area contributed by atoms with E-state index in [-0.39, 0.29) is 0 Å². The summed E-state index contributed by atoms with van der Waals surface area (Å²) in [6.07, 6.45) is 0. The molecule has 0 spiro atoms. The van der Waals surface area contributed by atoms with Gasteiger partial charge >= 0.3 is 0 Å². The zero-order valence-electron chi connectivity index (χ0n) is 16.8. The molecule has 30 heavy (non-hydrogen) atoms. The third kappa shape index (κ3) is 2.42. The van der Waals surface area contributed by atoms with Crippen LogP contribution in [0.3, 0.4) is 0 Å². The molecular formula is C29H21N. The predicted molar refractivity (Wildman–Crippen MR) is 128 cm³/mol. The van der Waals surface area contributed by atoms with E-state index >= 15 is 0 Å². The molecule has 1 heterocycles. The summed E-state index contributed by atoms with van der Waals surface area (Å²) in [4.78, 5) is 0. The van der Waals surface area contributed by atoms with Crippen LogP contribution in [0.5, 0.6) is 0 Å².